The molecule has 0 aliphatic carbocycles. The van der Waals surface area contributed by atoms with Gasteiger partial charge in [-0.05, 0) is 50.9 Å². The monoisotopic (exact) mass is 308 g/mol. The van der Waals surface area contributed by atoms with Crippen LogP contribution in [0.4, 0.5) is 0 Å². The fraction of sp³-hybridized carbons (Fsp3) is 0.429. The topological polar surface area (TPSA) is 18.5 Å². The molecule has 1 heterocycles. The third kappa shape index (κ3) is 2.42. The maximum atomic E-state index is 5.98. The van der Waals surface area contributed by atoms with E-state index >= 15 is 0 Å². The van der Waals surface area contributed by atoms with Crippen LogP contribution in [0.2, 0.25) is 0 Å². The second-order valence-corrected chi connectivity index (χ2v) is 6.54. The van der Waals surface area contributed by atoms with Gasteiger partial charge in [0.1, 0.15) is 0 Å². The first kappa shape index (κ1) is 13.8. The van der Waals surface area contributed by atoms with Crippen LogP contribution in [-0.2, 0) is 9.31 Å². The highest BCUT2D eigenvalue weighted by molar-refractivity contribution is 9.10. The second kappa shape index (κ2) is 4.51. The molecule has 1 saturated heterocycles. The molecule has 0 amide bonds. The van der Waals surface area contributed by atoms with Gasteiger partial charge in [-0.1, -0.05) is 34.6 Å². The molecular weight excluding hydrogens is 291 g/mol. The highest BCUT2D eigenvalue weighted by Crippen LogP contribution is 2.40. The Kier molecular flexibility index (Phi) is 3.47. The Morgan fingerprint density at radius 3 is 2.22 bits per heavy atom. The van der Waals surface area contributed by atoms with Gasteiger partial charge in [-0.15, -0.1) is 0 Å². The van der Waals surface area contributed by atoms with Gasteiger partial charge in [-0.25, -0.2) is 0 Å². The summed E-state index contributed by atoms with van der Waals surface area (Å²) in [6, 6.07) is 8.00. The van der Waals surface area contributed by atoms with Crippen LogP contribution in [0.1, 0.15) is 33.3 Å². The predicted octanol–water partition coefficient (Wildman–Crippen LogP) is 4.09. The van der Waals surface area contributed by atoms with E-state index in [0.717, 1.165) is 15.5 Å². The zero-order chi connectivity index (χ0) is 13.6. The molecule has 0 radical (unpaired) electrons. The molecule has 2 nitrogen and oxygen atoms in total. The van der Waals surface area contributed by atoms with Crippen molar-refractivity contribution in [2.75, 3.05) is 0 Å². The fourth-order valence-electron chi connectivity index (χ4n) is 1.81. The average molecular weight is 309 g/mol. The van der Waals surface area contributed by atoms with Crippen molar-refractivity contribution in [3.05, 3.63) is 40.9 Å². The van der Waals surface area contributed by atoms with Crippen molar-refractivity contribution in [1.29, 1.82) is 0 Å². The summed E-state index contributed by atoms with van der Waals surface area (Å²) >= 11 is 3.46. The first-order chi connectivity index (χ1) is 8.23. The fourth-order valence-corrected chi connectivity index (χ4v) is 2.21. The van der Waals surface area contributed by atoms with Crippen molar-refractivity contribution in [3.63, 3.8) is 0 Å². The SMILES string of the molecule is C=C(B1OC(C)(C)C(C)(C)O1)c1cccc(Br)c1. The first-order valence-electron chi connectivity index (χ1n) is 6.03. The maximum absolute atomic E-state index is 5.98. The van der Waals surface area contributed by atoms with E-state index in [1.54, 1.807) is 0 Å². The van der Waals surface area contributed by atoms with Crippen LogP contribution in [0.15, 0.2) is 35.3 Å². The van der Waals surface area contributed by atoms with Gasteiger partial charge in [0.25, 0.3) is 0 Å². The van der Waals surface area contributed by atoms with Gasteiger partial charge in [0.05, 0.1) is 11.2 Å². The Bertz CT molecular complexity index is 466. The first-order valence-corrected chi connectivity index (χ1v) is 6.83. The number of halogens is 1. The summed E-state index contributed by atoms with van der Waals surface area (Å²) < 4.78 is 13.0. The quantitative estimate of drug-likeness (QED) is 0.766. The van der Waals surface area contributed by atoms with Gasteiger partial charge in [0, 0.05) is 4.47 Å². The van der Waals surface area contributed by atoms with Crippen LogP contribution in [0.25, 0.3) is 5.47 Å². The van der Waals surface area contributed by atoms with E-state index in [9.17, 15) is 0 Å². The molecule has 1 aromatic carbocycles. The number of hydrogen-bond acceptors (Lipinski definition) is 2. The Hall–Kier alpha value is -0.575. The molecule has 0 bridgehead atoms. The van der Waals surface area contributed by atoms with Crippen molar-refractivity contribution in [3.8, 4) is 0 Å². The minimum absolute atomic E-state index is 0.327. The van der Waals surface area contributed by atoms with Crippen LogP contribution in [0, 0.1) is 0 Å². The second-order valence-electron chi connectivity index (χ2n) is 5.62. The van der Waals surface area contributed by atoms with Gasteiger partial charge >= 0.3 is 7.12 Å². The van der Waals surface area contributed by atoms with Crippen molar-refractivity contribution < 1.29 is 9.31 Å². The third-order valence-corrected chi connectivity index (χ3v) is 4.23. The molecule has 0 atom stereocenters. The Morgan fingerprint density at radius 2 is 1.72 bits per heavy atom. The lowest BCUT2D eigenvalue weighted by Gasteiger charge is -2.32. The highest BCUT2D eigenvalue weighted by atomic mass is 79.9. The minimum atomic E-state index is -0.385. The van der Waals surface area contributed by atoms with Crippen molar-refractivity contribution >= 4 is 28.5 Å². The molecule has 18 heavy (non-hydrogen) atoms. The smallest absolute Gasteiger partial charge is 0.399 e. The summed E-state index contributed by atoms with van der Waals surface area (Å²) in [7, 11) is -0.385. The average Bonchev–Trinajstić information content (AvgIpc) is 2.47. The summed E-state index contributed by atoms with van der Waals surface area (Å²) in [6.45, 7) is 12.3. The Morgan fingerprint density at radius 1 is 1.17 bits per heavy atom. The molecule has 2 rings (SSSR count). The summed E-state index contributed by atoms with van der Waals surface area (Å²) in [5.41, 5.74) is 1.23. The summed E-state index contributed by atoms with van der Waals surface area (Å²) in [6.07, 6.45) is 0. The Labute approximate surface area is 118 Å². The maximum Gasteiger partial charge on any atom is 0.494 e. The molecule has 0 N–H and O–H groups in total. The summed E-state index contributed by atoms with van der Waals surface area (Å²) in [4.78, 5) is 0. The molecule has 4 heteroatoms. The van der Waals surface area contributed by atoms with Gasteiger partial charge in [-0.2, -0.15) is 0 Å². The molecule has 1 aliphatic rings. The van der Waals surface area contributed by atoms with Crippen LogP contribution in [0.5, 0.6) is 0 Å². The van der Waals surface area contributed by atoms with Crippen LogP contribution >= 0.6 is 15.9 Å². The standard InChI is InChI=1S/C14H18BBrO2/c1-10(11-7-6-8-12(16)9-11)15-17-13(2,3)14(4,5)18-15/h6-9H,1H2,2-5H3. The van der Waals surface area contributed by atoms with Crippen LogP contribution in [-0.4, -0.2) is 18.3 Å². The normalized spacial score (nSPS) is 21.1. The van der Waals surface area contributed by atoms with Crippen molar-refractivity contribution in [2.45, 2.75) is 38.9 Å². The molecule has 0 aromatic heterocycles. The van der Waals surface area contributed by atoms with Crippen LogP contribution in [0.3, 0.4) is 0 Å². The zero-order valence-electron chi connectivity index (χ0n) is 11.3. The van der Waals surface area contributed by atoms with Crippen LogP contribution < -0.4 is 0 Å². The molecule has 0 unspecified atom stereocenters. The summed E-state index contributed by atoms with van der Waals surface area (Å²) in [5.74, 6) is 0. The molecule has 96 valence electrons. The zero-order valence-corrected chi connectivity index (χ0v) is 12.9. The lowest BCUT2D eigenvalue weighted by molar-refractivity contribution is 0.00578. The lowest BCUT2D eigenvalue weighted by atomic mass is 9.75. The van der Waals surface area contributed by atoms with E-state index in [1.165, 1.54) is 0 Å². The van der Waals surface area contributed by atoms with E-state index in [0.29, 0.717) is 0 Å². The van der Waals surface area contributed by atoms with E-state index in [1.807, 2.05) is 52.0 Å². The van der Waals surface area contributed by atoms with Gasteiger partial charge in [-0.3, -0.25) is 0 Å². The van der Waals surface area contributed by atoms with Crippen molar-refractivity contribution in [1.82, 2.24) is 0 Å². The number of benzene rings is 1. The Balaban J connectivity index is 2.23. The van der Waals surface area contributed by atoms with Crippen molar-refractivity contribution in [2.24, 2.45) is 0 Å². The number of rotatable bonds is 2. The highest BCUT2D eigenvalue weighted by Gasteiger charge is 2.52. The van der Waals surface area contributed by atoms with Gasteiger partial charge < -0.3 is 9.31 Å². The molecule has 1 aliphatic heterocycles. The number of hydrogen-bond donors (Lipinski definition) is 0. The van der Waals surface area contributed by atoms with E-state index < -0.39 is 0 Å². The largest absolute Gasteiger partial charge is 0.494 e. The molecule has 1 aromatic rings. The van der Waals surface area contributed by atoms with E-state index in [-0.39, 0.29) is 18.3 Å². The predicted molar refractivity (Wildman–Crippen MR) is 79.3 cm³/mol. The molecule has 0 saturated carbocycles. The molecular formula is C14H18BBrO2. The molecule has 0 spiro atoms. The van der Waals surface area contributed by atoms with E-state index in [2.05, 4.69) is 22.5 Å². The third-order valence-electron chi connectivity index (χ3n) is 3.73. The summed E-state index contributed by atoms with van der Waals surface area (Å²) in [5, 5.41) is 0. The lowest BCUT2D eigenvalue weighted by Crippen LogP contribution is -2.41. The van der Waals surface area contributed by atoms with E-state index in [4.69, 9.17) is 9.31 Å². The minimum Gasteiger partial charge on any atom is -0.399 e. The molecule has 1 fully saturated rings. The van der Waals surface area contributed by atoms with Gasteiger partial charge in [0.2, 0.25) is 0 Å². The van der Waals surface area contributed by atoms with Gasteiger partial charge in [0.15, 0.2) is 0 Å².